The van der Waals surface area contributed by atoms with E-state index in [0.29, 0.717) is 22.2 Å². The van der Waals surface area contributed by atoms with Gasteiger partial charge < -0.3 is 5.32 Å². The topological polar surface area (TPSA) is 29.1 Å². The van der Waals surface area contributed by atoms with E-state index in [1.165, 1.54) is 0 Å². The maximum atomic E-state index is 11.6. The summed E-state index contributed by atoms with van der Waals surface area (Å²) in [5, 5.41) is 4.49. The number of carbonyl (C=O) groups is 1. The van der Waals surface area contributed by atoms with Crippen LogP contribution in [-0.2, 0) is 4.79 Å². The van der Waals surface area contributed by atoms with Crippen molar-refractivity contribution < 1.29 is 4.79 Å². The average molecular weight is 404 g/mol. The number of amides is 1. The van der Waals surface area contributed by atoms with Gasteiger partial charge in [-0.2, -0.15) is 0 Å². The van der Waals surface area contributed by atoms with Gasteiger partial charge in [0.25, 0.3) is 0 Å². The molecular weight excluding hydrogens is 393 g/mol. The van der Waals surface area contributed by atoms with Crippen molar-refractivity contribution in [3.63, 3.8) is 0 Å². The maximum Gasteiger partial charge on any atom is 0.224 e. The van der Waals surface area contributed by atoms with Gasteiger partial charge in [0.1, 0.15) is 0 Å². The van der Waals surface area contributed by atoms with Gasteiger partial charge in [0.2, 0.25) is 5.91 Å². The molecule has 0 aliphatic rings. The van der Waals surface area contributed by atoms with E-state index >= 15 is 0 Å². The van der Waals surface area contributed by atoms with Crippen LogP contribution in [-0.4, -0.2) is 11.2 Å². The summed E-state index contributed by atoms with van der Waals surface area (Å²) in [6, 6.07) is 3.39. The Morgan fingerprint density at radius 1 is 1.24 bits per heavy atom. The molecule has 17 heavy (non-hydrogen) atoms. The van der Waals surface area contributed by atoms with E-state index in [1.54, 1.807) is 12.1 Å². The minimum absolute atomic E-state index is 0.0722. The standard InChI is InChI=1S/C11H11Br2Cl2NO/c12-4-2-1-3-10(17)16-11-8(14)5-7(13)6-9(11)15/h5-6H,1-4H2,(H,16,17). The normalized spacial score (nSPS) is 10.4. The molecule has 0 unspecified atom stereocenters. The second-order valence-corrected chi connectivity index (χ2v) is 5.96. The molecule has 0 spiro atoms. The molecule has 0 aliphatic heterocycles. The number of hydrogen-bond acceptors (Lipinski definition) is 1. The van der Waals surface area contributed by atoms with Crippen molar-refractivity contribution in [1.82, 2.24) is 0 Å². The first-order valence-electron chi connectivity index (χ1n) is 5.05. The third-order valence-electron chi connectivity index (χ3n) is 2.06. The first-order chi connectivity index (χ1) is 8.04. The van der Waals surface area contributed by atoms with Crippen molar-refractivity contribution in [1.29, 1.82) is 0 Å². The van der Waals surface area contributed by atoms with Gasteiger partial charge >= 0.3 is 0 Å². The van der Waals surface area contributed by atoms with Gasteiger partial charge in [0, 0.05) is 16.2 Å². The fourth-order valence-corrected chi connectivity index (χ4v) is 2.94. The Morgan fingerprint density at radius 3 is 2.35 bits per heavy atom. The van der Waals surface area contributed by atoms with Crippen molar-refractivity contribution in [2.75, 3.05) is 10.6 Å². The Morgan fingerprint density at radius 2 is 1.82 bits per heavy atom. The Balaban J connectivity index is 2.65. The second-order valence-electron chi connectivity index (χ2n) is 3.44. The molecule has 0 aromatic heterocycles. The number of halogens is 4. The summed E-state index contributed by atoms with van der Waals surface area (Å²) in [5.41, 5.74) is 0.473. The number of hydrogen-bond donors (Lipinski definition) is 1. The smallest absolute Gasteiger partial charge is 0.224 e. The van der Waals surface area contributed by atoms with Crippen LogP contribution in [0.4, 0.5) is 5.69 Å². The molecule has 0 atom stereocenters. The number of unbranched alkanes of at least 4 members (excludes halogenated alkanes) is 1. The molecule has 0 saturated carbocycles. The van der Waals surface area contributed by atoms with Gasteiger partial charge in [-0.1, -0.05) is 55.1 Å². The Kier molecular flexibility index (Phi) is 6.85. The Bertz CT molecular complexity index is 389. The van der Waals surface area contributed by atoms with E-state index in [2.05, 4.69) is 37.2 Å². The molecule has 1 rings (SSSR count). The minimum Gasteiger partial charge on any atom is -0.324 e. The molecule has 1 N–H and O–H groups in total. The second kappa shape index (κ2) is 7.62. The summed E-state index contributed by atoms with van der Waals surface area (Å²) < 4.78 is 0.782. The number of carbonyl (C=O) groups excluding carboxylic acids is 1. The highest BCUT2D eigenvalue weighted by Gasteiger charge is 2.10. The third-order valence-corrected chi connectivity index (χ3v) is 3.67. The molecule has 2 nitrogen and oxygen atoms in total. The summed E-state index contributed by atoms with van der Waals surface area (Å²) in [5.74, 6) is -0.0722. The van der Waals surface area contributed by atoms with Crippen LogP contribution in [0.5, 0.6) is 0 Å². The zero-order valence-electron chi connectivity index (χ0n) is 8.90. The molecule has 1 aromatic rings. The summed E-state index contributed by atoms with van der Waals surface area (Å²) in [6.45, 7) is 0. The quantitative estimate of drug-likeness (QED) is 0.527. The van der Waals surface area contributed by atoms with Gasteiger partial charge in [0.05, 0.1) is 15.7 Å². The van der Waals surface area contributed by atoms with Crippen LogP contribution in [0.15, 0.2) is 16.6 Å². The van der Waals surface area contributed by atoms with Gasteiger partial charge in [-0.3, -0.25) is 4.79 Å². The molecule has 0 heterocycles. The summed E-state index contributed by atoms with van der Waals surface area (Å²) in [6.07, 6.45) is 2.27. The van der Waals surface area contributed by atoms with Crippen LogP contribution in [0.3, 0.4) is 0 Å². The predicted molar refractivity (Wildman–Crippen MR) is 80.4 cm³/mol. The Labute approximate surface area is 127 Å². The van der Waals surface area contributed by atoms with Crippen molar-refractivity contribution in [3.05, 3.63) is 26.7 Å². The number of benzene rings is 1. The van der Waals surface area contributed by atoms with Crippen LogP contribution in [0, 0.1) is 0 Å². The number of rotatable bonds is 5. The van der Waals surface area contributed by atoms with Gasteiger partial charge in [-0.15, -0.1) is 0 Å². The molecule has 0 bridgehead atoms. The highest BCUT2D eigenvalue weighted by molar-refractivity contribution is 9.10. The van der Waals surface area contributed by atoms with E-state index in [0.717, 1.165) is 22.6 Å². The van der Waals surface area contributed by atoms with E-state index in [4.69, 9.17) is 23.2 Å². The fourth-order valence-electron chi connectivity index (χ4n) is 1.24. The lowest BCUT2D eigenvalue weighted by molar-refractivity contribution is -0.116. The third kappa shape index (κ3) is 5.16. The fraction of sp³-hybridized carbons (Fsp3) is 0.364. The summed E-state index contributed by atoms with van der Waals surface area (Å²) in [7, 11) is 0. The van der Waals surface area contributed by atoms with E-state index in [1.807, 2.05) is 0 Å². The van der Waals surface area contributed by atoms with Crippen molar-refractivity contribution in [2.45, 2.75) is 19.3 Å². The van der Waals surface area contributed by atoms with Crippen molar-refractivity contribution in [2.24, 2.45) is 0 Å². The van der Waals surface area contributed by atoms with Crippen LogP contribution in [0.25, 0.3) is 0 Å². The van der Waals surface area contributed by atoms with Crippen LogP contribution in [0.2, 0.25) is 10.0 Å². The molecule has 0 aliphatic carbocycles. The van der Waals surface area contributed by atoms with Crippen LogP contribution < -0.4 is 5.32 Å². The molecule has 0 saturated heterocycles. The number of anilines is 1. The number of alkyl halides is 1. The monoisotopic (exact) mass is 401 g/mol. The molecule has 0 radical (unpaired) electrons. The van der Waals surface area contributed by atoms with E-state index in [-0.39, 0.29) is 5.91 Å². The van der Waals surface area contributed by atoms with Crippen LogP contribution >= 0.6 is 55.1 Å². The predicted octanol–water partition coefficient (Wildman–Crippen LogP) is 5.26. The minimum atomic E-state index is -0.0722. The zero-order valence-corrected chi connectivity index (χ0v) is 13.6. The lowest BCUT2D eigenvalue weighted by Gasteiger charge is -2.09. The van der Waals surface area contributed by atoms with Gasteiger partial charge in [0.15, 0.2) is 0 Å². The highest BCUT2D eigenvalue weighted by Crippen LogP contribution is 2.33. The average Bonchev–Trinajstić information content (AvgIpc) is 2.24. The van der Waals surface area contributed by atoms with E-state index in [9.17, 15) is 4.79 Å². The maximum absolute atomic E-state index is 11.6. The lowest BCUT2D eigenvalue weighted by Crippen LogP contribution is -2.12. The Hall–Kier alpha value is 0.230. The highest BCUT2D eigenvalue weighted by atomic mass is 79.9. The van der Waals surface area contributed by atoms with Gasteiger partial charge in [-0.25, -0.2) is 0 Å². The molecule has 1 amide bonds. The first kappa shape index (κ1) is 15.3. The molecule has 6 heteroatoms. The lowest BCUT2D eigenvalue weighted by atomic mass is 10.2. The van der Waals surface area contributed by atoms with Crippen LogP contribution in [0.1, 0.15) is 19.3 Å². The molecule has 94 valence electrons. The SMILES string of the molecule is O=C(CCCCBr)Nc1c(Cl)cc(Br)cc1Cl. The molecule has 0 fully saturated rings. The first-order valence-corrected chi connectivity index (χ1v) is 7.72. The largest absolute Gasteiger partial charge is 0.324 e. The number of nitrogens with one attached hydrogen (secondary N) is 1. The van der Waals surface area contributed by atoms with Crippen molar-refractivity contribution in [3.8, 4) is 0 Å². The molecule has 1 aromatic carbocycles. The molecular formula is C11H11Br2Cl2NO. The zero-order chi connectivity index (χ0) is 12.8. The van der Waals surface area contributed by atoms with Crippen molar-refractivity contribution >= 4 is 66.7 Å². The summed E-state index contributed by atoms with van der Waals surface area (Å²) >= 11 is 18.6. The van der Waals surface area contributed by atoms with Gasteiger partial charge in [-0.05, 0) is 25.0 Å². The van der Waals surface area contributed by atoms with E-state index < -0.39 is 0 Å². The summed E-state index contributed by atoms with van der Waals surface area (Å²) in [4.78, 5) is 11.6.